The van der Waals surface area contributed by atoms with Crippen molar-refractivity contribution in [1.29, 1.82) is 0 Å². The van der Waals surface area contributed by atoms with E-state index in [0.717, 1.165) is 38.8 Å². The molecule has 2 aromatic carbocycles. The highest BCUT2D eigenvalue weighted by atomic mass is 16.1. The van der Waals surface area contributed by atoms with Crippen molar-refractivity contribution in [1.82, 2.24) is 30.5 Å². The number of hydrogen-bond donors (Lipinski definition) is 6. The van der Waals surface area contributed by atoms with E-state index < -0.39 is 0 Å². The number of aromatic nitrogens is 5. The number of carbonyl (C=O) groups is 1. The molecule has 8 N–H and O–H groups in total. The molecule has 0 aliphatic rings. The summed E-state index contributed by atoms with van der Waals surface area (Å²) in [6.45, 7) is 0.315. The molecule has 35 heavy (non-hydrogen) atoms. The van der Waals surface area contributed by atoms with Gasteiger partial charge in [0.1, 0.15) is 5.82 Å². The molecular weight excluding hydrogens is 442 g/mol. The molecule has 0 unspecified atom stereocenters. The lowest BCUT2D eigenvalue weighted by Gasteiger charge is -2.07. The van der Waals surface area contributed by atoms with E-state index in [4.69, 9.17) is 11.5 Å². The maximum absolute atomic E-state index is 12.2. The van der Waals surface area contributed by atoms with Gasteiger partial charge in [0.2, 0.25) is 0 Å². The first-order valence-corrected chi connectivity index (χ1v) is 10.9. The predicted molar refractivity (Wildman–Crippen MR) is 136 cm³/mol. The summed E-state index contributed by atoms with van der Waals surface area (Å²) in [5.41, 5.74) is 15.6. The Morgan fingerprint density at radius 1 is 1.03 bits per heavy atom. The van der Waals surface area contributed by atoms with Gasteiger partial charge in [0.05, 0.1) is 23.8 Å². The van der Waals surface area contributed by atoms with Crippen LogP contribution < -0.4 is 22.1 Å². The van der Waals surface area contributed by atoms with E-state index in [1.165, 1.54) is 18.5 Å². The Kier molecular flexibility index (Phi) is 5.83. The van der Waals surface area contributed by atoms with Crippen molar-refractivity contribution in [2.45, 2.75) is 6.54 Å². The van der Waals surface area contributed by atoms with Crippen LogP contribution in [0.2, 0.25) is 0 Å². The fourth-order valence-electron chi connectivity index (χ4n) is 3.75. The number of carbonyl (C=O) groups excluding carboxylic acids is 1. The quantitative estimate of drug-likeness (QED) is 0.159. The van der Waals surface area contributed by atoms with Crippen LogP contribution in [0.25, 0.3) is 33.2 Å². The molecule has 10 heteroatoms. The van der Waals surface area contributed by atoms with E-state index in [2.05, 4.69) is 35.8 Å². The van der Waals surface area contributed by atoms with Gasteiger partial charge in [-0.15, -0.1) is 0 Å². The van der Waals surface area contributed by atoms with Crippen molar-refractivity contribution in [2.24, 2.45) is 11.5 Å². The van der Waals surface area contributed by atoms with Gasteiger partial charge < -0.3 is 27.1 Å². The monoisotopic (exact) mass is 465 g/mol. The molecule has 5 aromatic rings. The van der Waals surface area contributed by atoms with Crippen LogP contribution in [0.4, 0.5) is 11.5 Å². The van der Waals surface area contributed by atoms with E-state index >= 15 is 0 Å². The Morgan fingerprint density at radius 3 is 2.80 bits per heavy atom. The van der Waals surface area contributed by atoms with Crippen LogP contribution in [-0.2, 0) is 11.3 Å². The minimum absolute atomic E-state index is 0.293. The first-order valence-electron chi connectivity index (χ1n) is 10.9. The number of amides is 1. The van der Waals surface area contributed by atoms with Gasteiger partial charge in [0.25, 0.3) is 5.91 Å². The van der Waals surface area contributed by atoms with Crippen molar-refractivity contribution < 1.29 is 4.79 Å². The molecule has 3 aromatic heterocycles. The summed E-state index contributed by atoms with van der Waals surface area (Å²) in [5, 5.41) is 15.2. The van der Waals surface area contributed by atoms with Crippen LogP contribution in [0.15, 0.2) is 85.0 Å². The van der Waals surface area contributed by atoms with Gasteiger partial charge in [-0.2, -0.15) is 5.10 Å². The summed E-state index contributed by atoms with van der Waals surface area (Å²) in [6.07, 6.45) is 7.44. The Bertz CT molecular complexity index is 1580. The number of hydrogen-bond acceptors (Lipinski definition) is 7. The van der Waals surface area contributed by atoms with Crippen LogP contribution in [0.5, 0.6) is 0 Å². The SMILES string of the molecule is N/C=C\C(=C/N)C(=O)NCc1cc2ccc(-c3nccc(Nc4ccc5[nH]ncc5c4)n3)cc2[nH]1. The van der Waals surface area contributed by atoms with E-state index in [1.807, 2.05) is 48.5 Å². The van der Waals surface area contributed by atoms with Gasteiger partial charge in [-0.3, -0.25) is 9.89 Å². The minimum Gasteiger partial charge on any atom is -0.405 e. The maximum atomic E-state index is 12.2. The average Bonchev–Trinajstić information content (AvgIpc) is 3.51. The third-order valence-electron chi connectivity index (χ3n) is 5.46. The molecule has 174 valence electrons. The smallest absolute Gasteiger partial charge is 0.253 e. The van der Waals surface area contributed by atoms with E-state index in [-0.39, 0.29) is 5.91 Å². The van der Waals surface area contributed by atoms with Crippen LogP contribution >= 0.6 is 0 Å². The first-order chi connectivity index (χ1) is 17.1. The highest BCUT2D eigenvalue weighted by molar-refractivity contribution is 5.96. The van der Waals surface area contributed by atoms with Crippen molar-refractivity contribution in [2.75, 3.05) is 5.32 Å². The topological polar surface area (TPSA) is 163 Å². The fraction of sp³-hybridized carbons (Fsp3) is 0.0400. The molecule has 0 aliphatic heterocycles. The number of nitrogens with zero attached hydrogens (tertiary/aromatic N) is 3. The average molecular weight is 466 g/mol. The van der Waals surface area contributed by atoms with Gasteiger partial charge >= 0.3 is 0 Å². The molecule has 0 spiro atoms. The number of anilines is 2. The van der Waals surface area contributed by atoms with Gasteiger partial charge in [-0.25, -0.2) is 9.97 Å². The molecule has 0 bridgehead atoms. The number of H-pyrrole nitrogens is 2. The van der Waals surface area contributed by atoms with Gasteiger partial charge in [-0.1, -0.05) is 12.1 Å². The number of rotatable bonds is 7. The zero-order chi connectivity index (χ0) is 24.2. The molecule has 0 aliphatic carbocycles. The molecule has 1 amide bonds. The van der Waals surface area contributed by atoms with Crippen LogP contribution in [0, 0.1) is 0 Å². The Hall–Kier alpha value is -5.12. The zero-order valence-electron chi connectivity index (χ0n) is 18.6. The highest BCUT2D eigenvalue weighted by Gasteiger charge is 2.09. The van der Waals surface area contributed by atoms with Crippen LogP contribution in [0.1, 0.15) is 5.69 Å². The van der Waals surface area contributed by atoms with Gasteiger partial charge in [0.15, 0.2) is 5.82 Å². The summed E-state index contributed by atoms with van der Waals surface area (Å²) < 4.78 is 0. The number of benzene rings is 2. The summed E-state index contributed by atoms with van der Waals surface area (Å²) in [4.78, 5) is 24.6. The van der Waals surface area contributed by atoms with Crippen LogP contribution in [-0.4, -0.2) is 31.1 Å². The second-order valence-electron chi connectivity index (χ2n) is 7.82. The third kappa shape index (κ3) is 4.67. The van der Waals surface area contributed by atoms with E-state index in [1.54, 1.807) is 12.4 Å². The molecule has 10 nitrogen and oxygen atoms in total. The molecule has 0 saturated heterocycles. The normalized spacial score (nSPS) is 11.9. The van der Waals surface area contributed by atoms with Crippen LogP contribution in [0.3, 0.4) is 0 Å². The van der Waals surface area contributed by atoms with E-state index in [0.29, 0.717) is 23.8 Å². The minimum atomic E-state index is -0.307. The molecule has 0 atom stereocenters. The summed E-state index contributed by atoms with van der Waals surface area (Å²) in [6, 6.07) is 15.7. The molecule has 0 radical (unpaired) electrons. The van der Waals surface area contributed by atoms with Gasteiger partial charge in [0, 0.05) is 40.2 Å². The molecular formula is C25H23N9O. The first kappa shape index (κ1) is 21.7. The lowest BCUT2D eigenvalue weighted by Crippen LogP contribution is -2.24. The molecule has 3 heterocycles. The number of nitrogens with two attached hydrogens (primary N) is 2. The Morgan fingerprint density at radius 2 is 1.94 bits per heavy atom. The number of fused-ring (bicyclic) bond motifs is 2. The lowest BCUT2D eigenvalue weighted by molar-refractivity contribution is -0.117. The Labute approximate surface area is 200 Å². The second-order valence-corrected chi connectivity index (χ2v) is 7.82. The predicted octanol–water partition coefficient (Wildman–Crippen LogP) is 3.18. The Balaban J connectivity index is 1.33. The largest absolute Gasteiger partial charge is 0.405 e. The molecule has 0 saturated carbocycles. The summed E-state index contributed by atoms with van der Waals surface area (Å²) in [5.74, 6) is 0.971. The van der Waals surface area contributed by atoms with Crippen molar-refractivity contribution in [3.05, 3.63) is 90.7 Å². The van der Waals surface area contributed by atoms with Gasteiger partial charge in [-0.05, 0) is 54.1 Å². The van der Waals surface area contributed by atoms with Crippen molar-refractivity contribution in [3.8, 4) is 11.4 Å². The number of aromatic amines is 2. The van der Waals surface area contributed by atoms with Crippen molar-refractivity contribution in [3.63, 3.8) is 0 Å². The highest BCUT2D eigenvalue weighted by Crippen LogP contribution is 2.25. The second kappa shape index (κ2) is 9.40. The van der Waals surface area contributed by atoms with Crippen molar-refractivity contribution >= 4 is 39.2 Å². The zero-order valence-corrected chi connectivity index (χ0v) is 18.6. The van der Waals surface area contributed by atoms with E-state index in [9.17, 15) is 4.79 Å². The molecule has 0 fully saturated rings. The standard InChI is InChI=1S/C25H23N9O/c26-7-5-17(12-27)25(35)29-14-20-9-15-1-2-16(11-22(15)31-20)24-28-8-6-23(33-24)32-19-3-4-21-18(10-19)13-30-34-21/h1-13,31H,14,26-27H2,(H,29,35)(H,30,34)(H,28,32,33)/b7-5-,17-12+. The third-order valence-corrected chi connectivity index (χ3v) is 5.46. The summed E-state index contributed by atoms with van der Waals surface area (Å²) >= 11 is 0. The lowest BCUT2D eigenvalue weighted by atomic mass is 10.1. The summed E-state index contributed by atoms with van der Waals surface area (Å²) in [7, 11) is 0. The number of nitrogens with one attached hydrogen (secondary N) is 4. The fourth-order valence-corrected chi connectivity index (χ4v) is 3.75. The maximum Gasteiger partial charge on any atom is 0.253 e. The molecule has 5 rings (SSSR count).